The van der Waals surface area contributed by atoms with E-state index in [1.807, 2.05) is 0 Å². The van der Waals surface area contributed by atoms with Crippen LogP contribution in [0.4, 0.5) is 0 Å². The van der Waals surface area contributed by atoms with Crippen molar-refractivity contribution in [3.05, 3.63) is 34.7 Å². The first-order valence-electron chi connectivity index (χ1n) is 3.36. The van der Waals surface area contributed by atoms with Crippen molar-refractivity contribution < 1.29 is 0 Å². The third kappa shape index (κ3) is 0.726. The summed E-state index contributed by atoms with van der Waals surface area (Å²) in [4.78, 5) is 0. The van der Waals surface area contributed by atoms with Gasteiger partial charge in [-0.3, -0.25) is 0 Å². The highest BCUT2D eigenvalue weighted by Gasteiger charge is 2.14. The molecule has 0 unspecified atom stereocenters. The van der Waals surface area contributed by atoms with E-state index in [9.17, 15) is 0 Å². The van der Waals surface area contributed by atoms with Gasteiger partial charge in [-0.1, -0.05) is 14.3 Å². The van der Waals surface area contributed by atoms with Crippen molar-refractivity contribution in [1.29, 1.82) is 0 Å². The van der Waals surface area contributed by atoms with Crippen molar-refractivity contribution in [2.75, 3.05) is 0 Å². The smallest absolute Gasteiger partial charge is 0.0102 e. The predicted molar refractivity (Wildman–Crippen MR) is 46.2 cm³/mol. The highest BCUT2D eigenvalue weighted by atomic mass is 31.1. The van der Waals surface area contributed by atoms with Crippen LogP contribution < -0.4 is 0 Å². The fourth-order valence-corrected chi connectivity index (χ4v) is 2.24. The molecule has 0 aromatic carbocycles. The molecule has 1 heterocycles. The number of hydrogen-bond donors (Lipinski definition) is 0. The number of rotatable bonds is 0. The molecule has 0 nitrogen and oxygen atoms in total. The Balaban J connectivity index is 2.58. The van der Waals surface area contributed by atoms with Crippen LogP contribution in [0.25, 0.3) is 0 Å². The largest absolute Gasteiger partial charge is 0.0639 e. The Labute approximate surface area is 62.8 Å². The molecule has 0 saturated carbocycles. The van der Waals surface area contributed by atoms with Gasteiger partial charge in [0.2, 0.25) is 0 Å². The molecule has 49 valence electrons. The molecule has 1 radical (unpaired) electrons. The number of hydrogen-bond acceptors (Lipinski definition) is 0. The van der Waals surface area contributed by atoms with Gasteiger partial charge in [-0.2, -0.15) is 0 Å². The molecule has 0 N–H and O–H groups in total. The molecule has 0 aromatic heterocycles. The predicted octanol–water partition coefficient (Wildman–Crippen LogP) is 2.71. The topological polar surface area (TPSA) is 0 Å². The molecule has 0 amide bonds. The van der Waals surface area contributed by atoms with Crippen LogP contribution in [0.3, 0.4) is 0 Å². The average Bonchev–Trinajstić information content (AvgIpc) is 2.35. The maximum atomic E-state index is 3.35. The van der Waals surface area contributed by atoms with Crippen molar-refractivity contribution in [3.8, 4) is 0 Å². The molecule has 1 aliphatic heterocycles. The fourth-order valence-electron chi connectivity index (χ4n) is 1.22. The van der Waals surface area contributed by atoms with Gasteiger partial charge in [0.25, 0.3) is 0 Å². The van der Waals surface area contributed by atoms with Crippen LogP contribution >= 0.6 is 8.20 Å². The van der Waals surface area contributed by atoms with Crippen LogP contribution in [0, 0.1) is 6.08 Å². The second-order valence-corrected chi connectivity index (χ2v) is 3.98. The van der Waals surface area contributed by atoms with Gasteiger partial charge in [-0.25, -0.2) is 0 Å². The van der Waals surface area contributed by atoms with E-state index in [0.717, 1.165) is 0 Å². The van der Waals surface area contributed by atoms with Crippen molar-refractivity contribution in [2.45, 2.75) is 13.8 Å². The van der Waals surface area contributed by atoms with Crippen LogP contribution in [0.15, 0.2) is 28.6 Å². The van der Waals surface area contributed by atoms with Crippen molar-refractivity contribution in [2.24, 2.45) is 0 Å². The average molecular weight is 147 g/mol. The molecule has 1 aliphatic carbocycles. The lowest BCUT2D eigenvalue weighted by Gasteiger charge is -1.89. The van der Waals surface area contributed by atoms with Gasteiger partial charge in [-0.15, -0.1) is 0 Å². The third-order valence-corrected chi connectivity index (χ3v) is 2.80. The van der Waals surface area contributed by atoms with Crippen LogP contribution in [0.1, 0.15) is 13.8 Å². The van der Waals surface area contributed by atoms with E-state index in [-0.39, 0.29) is 0 Å². The number of allylic oxidation sites excluding steroid dienone is 6. The van der Waals surface area contributed by atoms with Gasteiger partial charge in [0, 0.05) is 5.29 Å². The third-order valence-electron chi connectivity index (χ3n) is 1.74. The fraction of sp³-hybridized carbons (Fsp3) is 0.222. The van der Waals surface area contributed by atoms with Crippen LogP contribution in [0.5, 0.6) is 0 Å². The van der Waals surface area contributed by atoms with Crippen molar-refractivity contribution in [1.82, 2.24) is 0 Å². The summed E-state index contributed by atoms with van der Waals surface area (Å²) < 4.78 is 0. The zero-order valence-corrected chi connectivity index (χ0v) is 7.00. The summed E-state index contributed by atoms with van der Waals surface area (Å²) in [5, 5.41) is 2.77. The van der Waals surface area contributed by atoms with E-state index >= 15 is 0 Å². The van der Waals surface area contributed by atoms with E-state index in [2.05, 4.69) is 32.1 Å². The second kappa shape index (κ2) is 1.93. The zero-order valence-electron chi connectivity index (χ0n) is 6.10. The Morgan fingerprint density at radius 3 is 2.80 bits per heavy atom. The zero-order chi connectivity index (χ0) is 7.14. The Morgan fingerprint density at radius 2 is 2.10 bits per heavy atom. The molecule has 0 fully saturated rings. The standard InChI is InChI=1S/C9H8P/c1-6-3-4-9-8(6)5-7(2)10-9/h3-4H,1-2H3. The Bertz CT molecular complexity index is 301. The Kier molecular flexibility index (Phi) is 1.18. The maximum Gasteiger partial charge on any atom is 0.0102 e. The van der Waals surface area contributed by atoms with Gasteiger partial charge in [0.15, 0.2) is 0 Å². The minimum absolute atomic E-state index is 1.33. The van der Waals surface area contributed by atoms with Crippen LogP contribution in [-0.2, 0) is 0 Å². The first-order valence-corrected chi connectivity index (χ1v) is 4.25. The molecule has 0 spiro atoms. The van der Waals surface area contributed by atoms with Gasteiger partial charge in [-0.05, 0) is 42.5 Å². The maximum absolute atomic E-state index is 3.35. The van der Waals surface area contributed by atoms with E-state index in [1.165, 1.54) is 30.0 Å². The first-order chi connectivity index (χ1) is 4.77. The minimum Gasteiger partial charge on any atom is -0.0639 e. The molecule has 2 rings (SSSR count). The lowest BCUT2D eigenvalue weighted by molar-refractivity contribution is 1.49. The SMILES string of the molecule is CC1=[C]C2=C(C)C=CC2=P1. The Hall–Kier alpha value is -0.610. The highest BCUT2D eigenvalue weighted by molar-refractivity contribution is 7.47. The minimum atomic E-state index is 1.33. The van der Waals surface area contributed by atoms with Gasteiger partial charge in [0.1, 0.15) is 0 Å². The summed E-state index contributed by atoms with van der Waals surface area (Å²) in [6.07, 6.45) is 7.70. The van der Waals surface area contributed by atoms with Crippen LogP contribution in [-0.4, -0.2) is 5.29 Å². The molecule has 0 atom stereocenters. The lowest BCUT2D eigenvalue weighted by atomic mass is 10.1. The summed E-state index contributed by atoms with van der Waals surface area (Å²) in [6.45, 7) is 4.26. The summed E-state index contributed by atoms with van der Waals surface area (Å²) >= 11 is 0. The lowest BCUT2D eigenvalue weighted by Crippen LogP contribution is -1.84. The second-order valence-electron chi connectivity index (χ2n) is 2.60. The summed E-state index contributed by atoms with van der Waals surface area (Å²) in [7, 11) is 1.35. The van der Waals surface area contributed by atoms with Gasteiger partial charge >= 0.3 is 0 Å². The molecule has 0 saturated heterocycles. The summed E-state index contributed by atoms with van der Waals surface area (Å²) in [6, 6.07) is 0. The van der Waals surface area contributed by atoms with E-state index < -0.39 is 0 Å². The molecule has 0 bridgehead atoms. The first kappa shape index (κ1) is 6.12. The number of fused-ring (bicyclic) bond motifs is 1. The van der Waals surface area contributed by atoms with E-state index in [4.69, 9.17) is 0 Å². The quantitative estimate of drug-likeness (QED) is 0.462. The van der Waals surface area contributed by atoms with Gasteiger partial charge in [0.05, 0.1) is 0 Å². The normalized spacial score (nSPS) is 23.0. The highest BCUT2D eigenvalue weighted by Crippen LogP contribution is 2.33. The van der Waals surface area contributed by atoms with Crippen molar-refractivity contribution in [3.63, 3.8) is 0 Å². The van der Waals surface area contributed by atoms with E-state index in [1.54, 1.807) is 0 Å². The van der Waals surface area contributed by atoms with Crippen LogP contribution in [0.2, 0.25) is 0 Å². The Morgan fingerprint density at radius 1 is 1.30 bits per heavy atom. The molecule has 0 aromatic rings. The summed E-state index contributed by atoms with van der Waals surface area (Å²) in [5.74, 6) is 0. The van der Waals surface area contributed by atoms with E-state index in [0.29, 0.717) is 0 Å². The molecule has 1 heteroatoms. The van der Waals surface area contributed by atoms with Gasteiger partial charge < -0.3 is 0 Å². The monoisotopic (exact) mass is 147 g/mol. The molecular weight excluding hydrogens is 139 g/mol. The molecule has 10 heavy (non-hydrogen) atoms. The van der Waals surface area contributed by atoms with Crippen molar-refractivity contribution >= 4 is 13.5 Å². The molecular formula is C9H8P. The summed E-state index contributed by atoms with van der Waals surface area (Å²) in [5.41, 5.74) is 2.69. The molecule has 2 aliphatic rings.